The molecule has 4 amide bonds. The highest BCUT2D eigenvalue weighted by molar-refractivity contribution is 6.08. The first kappa shape index (κ1) is 21.4. The topological polar surface area (TPSA) is 123 Å². The van der Waals surface area contributed by atoms with E-state index in [9.17, 15) is 19.2 Å². The smallest absolute Gasteiger partial charge is 0.346 e. The number of carbonyl (C=O) groups excluding carboxylic acids is 4. The molecule has 30 heavy (non-hydrogen) atoms. The first-order chi connectivity index (χ1) is 14.3. The van der Waals surface area contributed by atoms with E-state index in [1.54, 1.807) is 18.2 Å². The Balaban J connectivity index is 1.61. The minimum absolute atomic E-state index is 0.0283. The van der Waals surface area contributed by atoms with Crippen molar-refractivity contribution in [2.24, 2.45) is 5.92 Å². The second-order valence-electron chi connectivity index (χ2n) is 7.48. The number of benzene rings is 1. The number of rotatable bonds is 6. The van der Waals surface area contributed by atoms with Crippen molar-refractivity contribution in [3.8, 4) is 11.5 Å². The lowest BCUT2D eigenvalue weighted by molar-refractivity contribution is -0.141. The van der Waals surface area contributed by atoms with Crippen LogP contribution in [-0.2, 0) is 14.3 Å². The van der Waals surface area contributed by atoms with Crippen LogP contribution in [0.3, 0.4) is 0 Å². The summed E-state index contributed by atoms with van der Waals surface area (Å²) >= 11 is 0. The van der Waals surface area contributed by atoms with Gasteiger partial charge in [-0.25, -0.2) is 9.59 Å². The van der Waals surface area contributed by atoms with E-state index in [1.165, 1.54) is 14.2 Å². The van der Waals surface area contributed by atoms with Crippen molar-refractivity contribution in [1.82, 2.24) is 15.8 Å². The van der Waals surface area contributed by atoms with E-state index < -0.39 is 36.0 Å². The van der Waals surface area contributed by atoms with E-state index in [-0.39, 0.29) is 17.1 Å². The maximum Gasteiger partial charge on any atom is 0.346 e. The van der Waals surface area contributed by atoms with Crippen LogP contribution in [0.5, 0.6) is 11.5 Å². The fourth-order valence-corrected chi connectivity index (χ4v) is 3.73. The van der Waals surface area contributed by atoms with Crippen LogP contribution in [-0.4, -0.2) is 55.2 Å². The molecular weight excluding hydrogens is 394 g/mol. The number of esters is 1. The van der Waals surface area contributed by atoms with Gasteiger partial charge in [0.05, 0.1) is 14.2 Å². The molecule has 1 heterocycles. The summed E-state index contributed by atoms with van der Waals surface area (Å²) in [5.74, 6) is -1.22. The lowest BCUT2D eigenvalue weighted by Crippen LogP contribution is -2.52. The van der Waals surface area contributed by atoms with Gasteiger partial charge >= 0.3 is 12.0 Å². The fraction of sp³-hybridized carbons (Fsp3) is 0.500. The van der Waals surface area contributed by atoms with Crippen LogP contribution in [0, 0.1) is 5.92 Å². The van der Waals surface area contributed by atoms with Gasteiger partial charge in [0.25, 0.3) is 11.8 Å². The molecule has 0 unspecified atom stereocenters. The highest BCUT2D eigenvalue weighted by Crippen LogP contribution is 2.35. The summed E-state index contributed by atoms with van der Waals surface area (Å²) in [4.78, 5) is 49.6. The molecule has 0 atom stereocenters. The molecule has 1 aromatic rings. The molecule has 1 spiro atoms. The van der Waals surface area contributed by atoms with Crippen LogP contribution < -0.4 is 20.2 Å². The van der Waals surface area contributed by atoms with Gasteiger partial charge in [-0.1, -0.05) is 13.0 Å². The molecule has 0 bridgehead atoms. The number of nitrogens with zero attached hydrogens (tertiary/aromatic N) is 1. The molecule has 162 valence electrons. The standard InChI is InChI=1S/C20H25N3O7/c1-12-7-9-20(10-8-12)18(26)23(19(27)21-20)22-15(24)11-30-17(25)16-13(28-2)5-4-6-14(16)29-3/h4-6,12H,7-11H2,1-3H3,(H,21,27)(H,22,24). The largest absolute Gasteiger partial charge is 0.496 e. The summed E-state index contributed by atoms with van der Waals surface area (Å²) in [5, 5.41) is 3.36. The third-order valence-corrected chi connectivity index (χ3v) is 5.49. The molecule has 1 aliphatic carbocycles. The molecule has 2 N–H and O–H groups in total. The third kappa shape index (κ3) is 4.03. The second kappa shape index (κ2) is 8.60. The molecular formula is C20H25N3O7. The van der Waals surface area contributed by atoms with E-state index in [4.69, 9.17) is 14.2 Å². The van der Waals surface area contributed by atoms with Crippen molar-refractivity contribution < 1.29 is 33.4 Å². The number of methoxy groups -OCH3 is 2. The average Bonchev–Trinajstić information content (AvgIpc) is 2.97. The van der Waals surface area contributed by atoms with Crippen molar-refractivity contribution in [2.45, 2.75) is 38.1 Å². The molecule has 1 saturated carbocycles. The normalized spacial score (nSPS) is 23.2. The Labute approximate surface area is 173 Å². The zero-order valence-corrected chi connectivity index (χ0v) is 17.1. The molecule has 1 saturated heterocycles. The van der Waals surface area contributed by atoms with Crippen molar-refractivity contribution in [3.63, 3.8) is 0 Å². The van der Waals surface area contributed by atoms with Crippen molar-refractivity contribution in [2.75, 3.05) is 20.8 Å². The zero-order valence-electron chi connectivity index (χ0n) is 17.1. The summed E-state index contributed by atoms with van der Waals surface area (Å²) in [7, 11) is 2.77. The van der Waals surface area contributed by atoms with Gasteiger partial charge in [-0.15, -0.1) is 0 Å². The first-order valence-electron chi connectivity index (χ1n) is 9.65. The number of carbonyl (C=O) groups is 4. The molecule has 0 aromatic heterocycles. The van der Waals surface area contributed by atoms with E-state index in [1.807, 2.05) is 0 Å². The molecule has 10 nitrogen and oxygen atoms in total. The van der Waals surface area contributed by atoms with Crippen LogP contribution in [0.2, 0.25) is 0 Å². The molecule has 2 aliphatic rings. The Morgan fingerprint density at radius 3 is 2.33 bits per heavy atom. The fourth-order valence-electron chi connectivity index (χ4n) is 3.73. The molecule has 0 radical (unpaired) electrons. The molecule has 1 aromatic carbocycles. The number of urea groups is 1. The maximum absolute atomic E-state index is 12.7. The summed E-state index contributed by atoms with van der Waals surface area (Å²) < 4.78 is 15.3. The number of ether oxygens (including phenoxy) is 3. The van der Waals surface area contributed by atoms with Crippen LogP contribution in [0.1, 0.15) is 43.0 Å². The van der Waals surface area contributed by atoms with Crippen LogP contribution in [0.15, 0.2) is 18.2 Å². The van der Waals surface area contributed by atoms with E-state index in [0.29, 0.717) is 23.8 Å². The molecule has 10 heteroatoms. The summed E-state index contributed by atoms with van der Waals surface area (Å²) in [6.07, 6.45) is 2.67. The van der Waals surface area contributed by atoms with Gasteiger partial charge in [0.1, 0.15) is 22.6 Å². The third-order valence-electron chi connectivity index (χ3n) is 5.49. The first-order valence-corrected chi connectivity index (χ1v) is 9.65. The Bertz CT molecular complexity index is 840. The molecule has 3 rings (SSSR count). The highest BCUT2D eigenvalue weighted by Gasteiger charge is 2.52. The lowest BCUT2D eigenvalue weighted by atomic mass is 9.77. The summed E-state index contributed by atoms with van der Waals surface area (Å²) in [5.41, 5.74) is 1.27. The summed E-state index contributed by atoms with van der Waals surface area (Å²) in [6.45, 7) is 1.40. The number of hydrazine groups is 1. The summed E-state index contributed by atoms with van der Waals surface area (Å²) in [6, 6.07) is 4.05. The number of imide groups is 1. The van der Waals surface area contributed by atoms with Crippen molar-refractivity contribution >= 4 is 23.8 Å². The van der Waals surface area contributed by atoms with Crippen LogP contribution in [0.4, 0.5) is 4.79 Å². The Hall–Kier alpha value is -3.30. The number of amides is 4. The van der Waals surface area contributed by atoms with Crippen LogP contribution >= 0.6 is 0 Å². The maximum atomic E-state index is 12.7. The second-order valence-corrected chi connectivity index (χ2v) is 7.48. The molecule has 1 aliphatic heterocycles. The Kier molecular flexibility index (Phi) is 6.14. The Morgan fingerprint density at radius 1 is 1.17 bits per heavy atom. The van der Waals surface area contributed by atoms with Gasteiger partial charge in [-0.3, -0.25) is 15.0 Å². The Morgan fingerprint density at radius 2 is 1.77 bits per heavy atom. The van der Waals surface area contributed by atoms with Gasteiger partial charge in [-0.2, -0.15) is 5.01 Å². The lowest BCUT2D eigenvalue weighted by Gasteiger charge is -2.33. The van der Waals surface area contributed by atoms with E-state index in [0.717, 1.165) is 12.8 Å². The monoisotopic (exact) mass is 419 g/mol. The van der Waals surface area contributed by atoms with Crippen molar-refractivity contribution in [1.29, 1.82) is 0 Å². The number of nitrogens with one attached hydrogen (secondary N) is 2. The van der Waals surface area contributed by atoms with Gasteiger partial charge in [-0.05, 0) is 43.7 Å². The van der Waals surface area contributed by atoms with Crippen molar-refractivity contribution in [3.05, 3.63) is 23.8 Å². The van der Waals surface area contributed by atoms with Gasteiger partial charge in [0.15, 0.2) is 6.61 Å². The average molecular weight is 419 g/mol. The SMILES string of the molecule is COc1cccc(OC)c1C(=O)OCC(=O)NN1C(=O)NC2(CCC(C)CC2)C1=O. The minimum atomic E-state index is -0.974. The zero-order chi connectivity index (χ0) is 21.9. The predicted molar refractivity (Wildman–Crippen MR) is 104 cm³/mol. The minimum Gasteiger partial charge on any atom is -0.496 e. The van der Waals surface area contributed by atoms with Gasteiger partial charge in [0.2, 0.25) is 0 Å². The van der Waals surface area contributed by atoms with Gasteiger partial charge < -0.3 is 19.5 Å². The number of hydrogen-bond donors (Lipinski definition) is 2. The van der Waals surface area contributed by atoms with E-state index >= 15 is 0 Å². The highest BCUT2D eigenvalue weighted by atomic mass is 16.5. The molecule has 2 fully saturated rings. The van der Waals surface area contributed by atoms with Gasteiger partial charge in [0, 0.05) is 0 Å². The van der Waals surface area contributed by atoms with Crippen LogP contribution in [0.25, 0.3) is 0 Å². The number of hydrogen-bond acceptors (Lipinski definition) is 7. The quantitative estimate of drug-likeness (QED) is 0.528. The predicted octanol–water partition coefficient (Wildman–Crippen LogP) is 1.39. The van der Waals surface area contributed by atoms with E-state index in [2.05, 4.69) is 17.7 Å².